The molecule has 2 N–H and O–H groups in total. The Hall–Kier alpha value is -1.14. The predicted molar refractivity (Wildman–Crippen MR) is 66.4 cm³/mol. The van der Waals surface area contributed by atoms with E-state index in [1.54, 1.807) is 0 Å². The third kappa shape index (κ3) is 4.70. The van der Waals surface area contributed by atoms with E-state index in [2.05, 4.69) is 16.6 Å². The fraction of sp³-hybridized carbons (Fsp3) is 0.545. The van der Waals surface area contributed by atoms with Crippen LogP contribution in [0.3, 0.4) is 0 Å². The topological polar surface area (TPSA) is 79.0 Å². The number of aromatic amines is 1. The molecule has 0 bridgehead atoms. The first-order valence-electron chi connectivity index (χ1n) is 5.74. The number of H-pyrrole nitrogens is 1. The normalized spacial score (nSPS) is 11.6. The molecule has 0 aliphatic rings. The second-order valence-electron chi connectivity index (χ2n) is 3.85. The molecule has 17 heavy (non-hydrogen) atoms. The van der Waals surface area contributed by atoms with Gasteiger partial charge >= 0.3 is 0 Å². The fourth-order valence-corrected chi connectivity index (χ4v) is 2.45. The molecule has 0 radical (unpaired) electrons. The lowest BCUT2D eigenvalue weighted by Gasteiger charge is -2.05. The molecule has 0 atom stereocenters. The van der Waals surface area contributed by atoms with Crippen molar-refractivity contribution in [2.75, 3.05) is 6.54 Å². The van der Waals surface area contributed by atoms with Crippen molar-refractivity contribution in [1.29, 1.82) is 0 Å². The predicted octanol–water partition coefficient (Wildman–Crippen LogP) is 1.23. The van der Waals surface area contributed by atoms with Gasteiger partial charge in [0.05, 0.1) is 4.90 Å². The van der Waals surface area contributed by atoms with E-state index in [0.717, 1.165) is 25.7 Å². The molecule has 1 aromatic heterocycles. The Bertz CT molecular complexity index is 473. The third-order valence-electron chi connectivity index (χ3n) is 2.39. The van der Waals surface area contributed by atoms with Gasteiger partial charge < -0.3 is 4.98 Å². The molecule has 5 nitrogen and oxygen atoms in total. The van der Waals surface area contributed by atoms with E-state index in [4.69, 9.17) is 0 Å². The summed E-state index contributed by atoms with van der Waals surface area (Å²) < 4.78 is 26.0. The second-order valence-corrected chi connectivity index (χ2v) is 5.61. The quantitative estimate of drug-likeness (QED) is 0.722. The third-order valence-corrected chi connectivity index (χ3v) is 3.85. The van der Waals surface area contributed by atoms with Gasteiger partial charge in [0.15, 0.2) is 0 Å². The van der Waals surface area contributed by atoms with Crippen LogP contribution < -0.4 is 10.3 Å². The molecule has 0 saturated carbocycles. The molecule has 1 heterocycles. The van der Waals surface area contributed by atoms with Crippen LogP contribution >= 0.6 is 0 Å². The molecule has 6 heteroatoms. The van der Waals surface area contributed by atoms with E-state index in [9.17, 15) is 13.2 Å². The van der Waals surface area contributed by atoms with E-state index in [1.807, 2.05) is 0 Å². The van der Waals surface area contributed by atoms with E-state index in [-0.39, 0.29) is 10.5 Å². The molecule has 0 amide bonds. The number of hydrogen-bond donors (Lipinski definition) is 2. The molecular weight excluding hydrogens is 240 g/mol. The maximum Gasteiger partial charge on any atom is 0.247 e. The maximum atomic E-state index is 11.7. The fourth-order valence-electron chi connectivity index (χ4n) is 1.41. The van der Waals surface area contributed by atoms with E-state index in [0.29, 0.717) is 6.54 Å². The molecule has 0 aromatic carbocycles. The van der Waals surface area contributed by atoms with Gasteiger partial charge in [0.2, 0.25) is 15.6 Å². The van der Waals surface area contributed by atoms with Crippen LogP contribution in [0, 0.1) is 0 Å². The maximum absolute atomic E-state index is 11.7. The Morgan fingerprint density at radius 3 is 2.59 bits per heavy atom. The van der Waals surface area contributed by atoms with Crippen molar-refractivity contribution >= 4 is 10.0 Å². The molecule has 1 aromatic rings. The lowest BCUT2D eigenvalue weighted by atomic mass is 10.2. The van der Waals surface area contributed by atoms with Crippen LogP contribution in [-0.4, -0.2) is 19.9 Å². The number of rotatable bonds is 7. The Kier molecular flexibility index (Phi) is 5.37. The summed E-state index contributed by atoms with van der Waals surface area (Å²) in [6, 6.07) is 2.50. The minimum atomic E-state index is -3.48. The minimum Gasteiger partial charge on any atom is -0.328 e. The number of aromatic nitrogens is 1. The Labute approximate surface area is 101 Å². The van der Waals surface area contributed by atoms with Gasteiger partial charge in [-0.1, -0.05) is 26.2 Å². The van der Waals surface area contributed by atoms with Crippen LogP contribution in [0.5, 0.6) is 0 Å². The highest BCUT2D eigenvalue weighted by atomic mass is 32.2. The first kappa shape index (κ1) is 13.9. The van der Waals surface area contributed by atoms with Gasteiger partial charge in [0.25, 0.3) is 0 Å². The lowest BCUT2D eigenvalue weighted by molar-refractivity contribution is 0.573. The van der Waals surface area contributed by atoms with Crippen molar-refractivity contribution in [2.45, 2.75) is 37.5 Å². The Balaban J connectivity index is 2.51. The largest absolute Gasteiger partial charge is 0.328 e. The van der Waals surface area contributed by atoms with Gasteiger partial charge in [-0.3, -0.25) is 4.79 Å². The molecule has 0 aliphatic heterocycles. The van der Waals surface area contributed by atoms with Crippen molar-refractivity contribution in [1.82, 2.24) is 9.71 Å². The van der Waals surface area contributed by atoms with Crippen LogP contribution in [0.1, 0.15) is 32.6 Å². The lowest BCUT2D eigenvalue weighted by Crippen LogP contribution is -2.25. The molecular formula is C11H18N2O3S. The molecule has 1 rings (SSSR count). The van der Waals surface area contributed by atoms with Crippen molar-refractivity contribution in [3.8, 4) is 0 Å². The summed E-state index contributed by atoms with van der Waals surface area (Å²) in [6.45, 7) is 2.53. The molecule has 0 aliphatic carbocycles. The Morgan fingerprint density at radius 1 is 1.24 bits per heavy atom. The van der Waals surface area contributed by atoms with E-state index >= 15 is 0 Å². The van der Waals surface area contributed by atoms with Gasteiger partial charge in [-0.2, -0.15) is 0 Å². The van der Waals surface area contributed by atoms with Crippen LogP contribution in [0.4, 0.5) is 0 Å². The van der Waals surface area contributed by atoms with Gasteiger partial charge in [-0.05, 0) is 12.5 Å². The summed E-state index contributed by atoms with van der Waals surface area (Å²) in [7, 11) is -3.48. The summed E-state index contributed by atoms with van der Waals surface area (Å²) in [6.07, 6.45) is 5.28. The van der Waals surface area contributed by atoms with E-state index < -0.39 is 10.0 Å². The average Bonchev–Trinajstić information content (AvgIpc) is 2.29. The summed E-state index contributed by atoms with van der Waals surface area (Å²) in [5.41, 5.74) is -0.313. The van der Waals surface area contributed by atoms with Gasteiger partial charge in [-0.25, -0.2) is 13.1 Å². The molecule has 0 fully saturated rings. The van der Waals surface area contributed by atoms with Crippen LogP contribution in [0.25, 0.3) is 0 Å². The number of unbranched alkanes of at least 4 members (excludes halogenated alkanes) is 3. The van der Waals surface area contributed by atoms with Crippen molar-refractivity contribution in [3.63, 3.8) is 0 Å². The molecule has 0 saturated heterocycles. The smallest absolute Gasteiger partial charge is 0.247 e. The second kappa shape index (κ2) is 6.56. The molecule has 0 spiro atoms. The summed E-state index contributed by atoms with van der Waals surface area (Å²) in [5.74, 6) is 0. The Morgan fingerprint density at radius 2 is 2.00 bits per heavy atom. The summed E-state index contributed by atoms with van der Waals surface area (Å²) in [5, 5.41) is 0. The molecule has 96 valence electrons. The SMILES string of the molecule is CCCCCCNS(=O)(=O)c1ccc(=O)[nH]c1. The average molecular weight is 258 g/mol. The van der Waals surface area contributed by atoms with Crippen molar-refractivity contribution in [3.05, 3.63) is 28.7 Å². The monoisotopic (exact) mass is 258 g/mol. The van der Waals surface area contributed by atoms with Gasteiger partial charge in [-0.15, -0.1) is 0 Å². The molecule has 0 unspecified atom stereocenters. The highest BCUT2D eigenvalue weighted by Gasteiger charge is 2.12. The zero-order chi connectivity index (χ0) is 12.7. The summed E-state index contributed by atoms with van der Waals surface area (Å²) in [4.78, 5) is 13.2. The number of hydrogen-bond acceptors (Lipinski definition) is 3. The first-order valence-corrected chi connectivity index (χ1v) is 7.23. The van der Waals surface area contributed by atoms with Gasteiger partial charge in [0.1, 0.15) is 0 Å². The minimum absolute atomic E-state index is 0.0904. The zero-order valence-corrected chi connectivity index (χ0v) is 10.7. The number of sulfonamides is 1. The zero-order valence-electron chi connectivity index (χ0n) is 9.90. The van der Waals surface area contributed by atoms with Crippen LogP contribution in [0.15, 0.2) is 28.0 Å². The summed E-state index contributed by atoms with van der Waals surface area (Å²) >= 11 is 0. The number of pyridine rings is 1. The number of nitrogens with one attached hydrogen (secondary N) is 2. The van der Waals surface area contributed by atoms with E-state index in [1.165, 1.54) is 18.3 Å². The highest BCUT2D eigenvalue weighted by molar-refractivity contribution is 7.89. The van der Waals surface area contributed by atoms with Gasteiger partial charge in [0, 0.05) is 18.8 Å². The van der Waals surface area contributed by atoms with Crippen molar-refractivity contribution < 1.29 is 8.42 Å². The first-order chi connectivity index (χ1) is 8.06. The highest BCUT2D eigenvalue weighted by Crippen LogP contribution is 2.04. The standard InChI is InChI=1S/C11H18N2O3S/c1-2-3-4-5-8-13-17(15,16)10-6-7-11(14)12-9-10/h6-7,9,13H,2-5,8H2,1H3,(H,12,14). The van der Waals surface area contributed by atoms with Crippen LogP contribution in [-0.2, 0) is 10.0 Å². The van der Waals surface area contributed by atoms with Crippen molar-refractivity contribution in [2.24, 2.45) is 0 Å². The van der Waals surface area contributed by atoms with Crippen LogP contribution in [0.2, 0.25) is 0 Å².